The number of nitrogen functional groups attached to an aromatic ring is 1. The van der Waals surface area contributed by atoms with Crippen molar-refractivity contribution >= 4 is 21.6 Å². The largest absolute Gasteiger partial charge is 0.398 e. The Bertz CT molecular complexity index is 815. The number of nitrogens with two attached hydrogens (primary N) is 1. The summed E-state index contributed by atoms with van der Waals surface area (Å²) in [6, 6.07) is 10.2. The van der Waals surface area contributed by atoms with Crippen LogP contribution in [0.15, 0.2) is 40.9 Å². The Balaban J connectivity index is 2.17. The zero-order valence-corrected chi connectivity index (χ0v) is 12.7. The van der Waals surface area contributed by atoms with E-state index >= 15 is 0 Å². The van der Waals surface area contributed by atoms with Crippen molar-refractivity contribution in [1.82, 2.24) is 20.2 Å². The van der Waals surface area contributed by atoms with Crippen LogP contribution in [0.1, 0.15) is 5.56 Å². The van der Waals surface area contributed by atoms with Crippen molar-refractivity contribution in [2.75, 3.05) is 5.73 Å². The molecule has 7 heteroatoms. The van der Waals surface area contributed by atoms with Gasteiger partial charge in [0.2, 0.25) is 0 Å². The maximum atomic E-state index is 13.7. The standard InChI is InChI=1S/C14H11BrFN5/c1-8-11(16)3-2-4-13(8)21-14(18-19-20-21)9-5-6-10(15)12(17)7-9/h2-7H,17H2,1H3. The van der Waals surface area contributed by atoms with E-state index in [1.807, 2.05) is 12.1 Å². The number of benzene rings is 2. The first-order valence-corrected chi connectivity index (χ1v) is 6.96. The summed E-state index contributed by atoms with van der Waals surface area (Å²) in [5, 5.41) is 11.7. The minimum absolute atomic E-state index is 0.302. The molecular weight excluding hydrogens is 337 g/mol. The molecule has 0 aliphatic rings. The summed E-state index contributed by atoms with van der Waals surface area (Å²) in [7, 11) is 0. The molecule has 0 saturated carbocycles. The molecule has 0 aliphatic heterocycles. The second kappa shape index (κ2) is 5.25. The van der Waals surface area contributed by atoms with Gasteiger partial charge in [0, 0.05) is 21.3 Å². The zero-order chi connectivity index (χ0) is 15.0. The van der Waals surface area contributed by atoms with Crippen molar-refractivity contribution in [3.05, 3.63) is 52.3 Å². The van der Waals surface area contributed by atoms with Crippen LogP contribution in [-0.2, 0) is 0 Å². The number of aromatic nitrogens is 4. The fraction of sp³-hybridized carbons (Fsp3) is 0.0714. The molecule has 0 amide bonds. The Morgan fingerprint density at radius 3 is 2.81 bits per heavy atom. The van der Waals surface area contributed by atoms with E-state index in [2.05, 4.69) is 31.5 Å². The number of tetrazole rings is 1. The van der Waals surface area contributed by atoms with Gasteiger partial charge < -0.3 is 5.73 Å². The Morgan fingerprint density at radius 1 is 1.24 bits per heavy atom. The topological polar surface area (TPSA) is 69.6 Å². The SMILES string of the molecule is Cc1c(F)cccc1-n1nnnc1-c1ccc(Br)c(N)c1. The summed E-state index contributed by atoms with van der Waals surface area (Å²) in [6.45, 7) is 1.69. The van der Waals surface area contributed by atoms with Crippen LogP contribution in [0.2, 0.25) is 0 Å². The van der Waals surface area contributed by atoms with E-state index in [0.29, 0.717) is 22.8 Å². The van der Waals surface area contributed by atoms with Crippen LogP contribution >= 0.6 is 15.9 Å². The Hall–Kier alpha value is -2.28. The van der Waals surface area contributed by atoms with Crippen LogP contribution < -0.4 is 5.73 Å². The molecule has 0 spiro atoms. The van der Waals surface area contributed by atoms with E-state index in [9.17, 15) is 4.39 Å². The molecular formula is C14H11BrFN5. The molecule has 3 aromatic rings. The minimum atomic E-state index is -0.302. The molecule has 0 saturated heterocycles. The molecule has 0 aliphatic carbocycles. The number of halogens is 2. The molecule has 0 fully saturated rings. The molecule has 0 unspecified atom stereocenters. The summed E-state index contributed by atoms with van der Waals surface area (Å²) in [4.78, 5) is 0. The van der Waals surface area contributed by atoms with Gasteiger partial charge in [-0.2, -0.15) is 4.68 Å². The fourth-order valence-electron chi connectivity index (χ4n) is 2.04. The molecule has 0 atom stereocenters. The van der Waals surface area contributed by atoms with Crippen molar-refractivity contribution in [1.29, 1.82) is 0 Å². The zero-order valence-electron chi connectivity index (χ0n) is 11.1. The lowest BCUT2D eigenvalue weighted by molar-refractivity contribution is 0.614. The molecule has 0 bridgehead atoms. The van der Waals surface area contributed by atoms with Crippen LogP contribution in [0.25, 0.3) is 17.1 Å². The number of hydrogen-bond donors (Lipinski definition) is 1. The van der Waals surface area contributed by atoms with E-state index in [0.717, 1.165) is 10.0 Å². The summed E-state index contributed by atoms with van der Waals surface area (Å²) >= 11 is 3.34. The van der Waals surface area contributed by atoms with Crippen molar-refractivity contribution < 1.29 is 4.39 Å². The van der Waals surface area contributed by atoms with Crippen molar-refractivity contribution in [2.45, 2.75) is 6.92 Å². The predicted molar refractivity (Wildman–Crippen MR) is 81.4 cm³/mol. The molecule has 106 valence electrons. The Labute approximate surface area is 128 Å². The summed E-state index contributed by atoms with van der Waals surface area (Å²) < 4.78 is 16.0. The van der Waals surface area contributed by atoms with Crippen LogP contribution in [-0.4, -0.2) is 20.2 Å². The van der Waals surface area contributed by atoms with Crippen LogP contribution in [0.3, 0.4) is 0 Å². The monoisotopic (exact) mass is 347 g/mol. The molecule has 1 aromatic heterocycles. The quantitative estimate of drug-likeness (QED) is 0.723. The van der Waals surface area contributed by atoms with E-state index in [-0.39, 0.29) is 5.82 Å². The molecule has 21 heavy (non-hydrogen) atoms. The fourth-order valence-corrected chi connectivity index (χ4v) is 2.28. The van der Waals surface area contributed by atoms with Gasteiger partial charge in [0.1, 0.15) is 5.82 Å². The smallest absolute Gasteiger partial charge is 0.187 e. The highest BCUT2D eigenvalue weighted by molar-refractivity contribution is 9.10. The normalized spacial score (nSPS) is 10.8. The van der Waals surface area contributed by atoms with Crippen molar-refractivity contribution in [2.24, 2.45) is 0 Å². The van der Waals surface area contributed by atoms with Crippen molar-refractivity contribution in [3.8, 4) is 17.1 Å². The van der Waals surface area contributed by atoms with E-state index in [1.165, 1.54) is 10.7 Å². The average Bonchev–Trinajstić information content (AvgIpc) is 2.94. The third kappa shape index (κ3) is 2.40. The van der Waals surface area contributed by atoms with Crippen LogP contribution in [0, 0.1) is 12.7 Å². The first-order chi connectivity index (χ1) is 10.1. The van der Waals surface area contributed by atoms with E-state index in [1.54, 1.807) is 25.1 Å². The number of hydrogen-bond acceptors (Lipinski definition) is 4. The number of anilines is 1. The maximum Gasteiger partial charge on any atom is 0.187 e. The van der Waals surface area contributed by atoms with Gasteiger partial charge in [-0.3, -0.25) is 0 Å². The molecule has 0 radical (unpaired) electrons. The lowest BCUT2D eigenvalue weighted by Crippen LogP contribution is -2.03. The van der Waals surface area contributed by atoms with Gasteiger partial charge in [-0.1, -0.05) is 6.07 Å². The van der Waals surface area contributed by atoms with Gasteiger partial charge in [0.05, 0.1) is 5.69 Å². The van der Waals surface area contributed by atoms with E-state index < -0.39 is 0 Å². The summed E-state index contributed by atoms with van der Waals surface area (Å²) in [5.74, 6) is 0.201. The van der Waals surface area contributed by atoms with Crippen LogP contribution in [0.5, 0.6) is 0 Å². The predicted octanol–water partition coefficient (Wildman–Crippen LogP) is 3.12. The number of rotatable bonds is 2. The number of nitrogens with zero attached hydrogens (tertiary/aromatic N) is 4. The third-order valence-corrected chi connectivity index (χ3v) is 3.91. The lowest BCUT2D eigenvalue weighted by atomic mass is 10.1. The summed E-state index contributed by atoms with van der Waals surface area (Å²) in [6.07, 6.45) is 0. The van der Waals surface area contributed by atoms with Gasteiger partial charge in [0.15, 0.2) is 5.82 Å². The highest BCUT2D eigenvalue weighted by Gasteiger charge is 2.14. The van der Waals surface area contributed by atoms with Gasteiger partial charge in [-0.15, -0.1) is 5.10 Å². The second-order valence-corrected chi connectivity index (χ2v) is 5.39. The van der Waals surface area contributed by atoms with Crippen molar-refractivity contribution in [3.63, 3.8) is 0 Å². The third-order valence-electron chi connectivity index (χ3n) is 3.19. The molecule has 2 aromatic carbocycles. The molecule has 1 heterocycles. The highest BCUT2D eigenvalue weighted by atomic mass is 79.9. The van der Waals surface area contributed by atoms with E-state index in [4.69, 9.17) is 5.73 Å². The molecule has 5 nitrogen and oxygen atoms in total. The van der Waals surface area contributed by atoms with Gasteiger partial charge >= 0.3 is 0 Å². The minimum Gasteiger partial charge on any atom is -0.398 e. The molecule has 3 rings (SSSR count). The summed E-state index contributed by atoms with van der Waals surface area (Å²) in [5.41, 5.74) is 8.30. The first kappa shape index (κ1) is 13.7. The van der Waals surface area contributed by atoms with Gasteiger partial charge in [-0.05, 0) is 63.6 Å². The Kier molecular flexibility index (Phi) is 3.42. The van der Waals surface area contributed by atoms with Crippen LogP contribution in [0.4, 0.5) is 10.1 Å². The molecule has 2 N–H and O–H groups in total. The Morgan fingerprint density at radius 2 is 2.05 bits per heavy atom. The van der Waals surface area contributed by atoms with Gasteiger partial charge in [0.25, 0.3) is 0 Å². The maximum absolute atomic E-state index is 13.7. The lowest BCUT2D eigenvalue weighted by Gasteiger charge is -2.09. The average molecular weight is 348 g/mol. The second-order valence-electron chi connectivity index (χ2n) is 4.53. The van der Waals surface area contributed by atoms with Gasteiger partial charge in [-0.25, -0.2) is 4.39 Å². The highest BCUT2D eigenvalue weighted by Crippen LogP contribution is 2.27. The first-order valence-electron chi connectivity index (χ1n) is 6.17.